The molecule has 0 bridgehead atoms. The van der Waals surface area contributed by atoms with Crippen LogP contribution < -0.4 is 5.73 Å². The third-order valence-corrected chi connectivity index (χ3v) is 3.85. The predicted molar refractivity (Wildman–Crippen MR) is 73.6 cm³/mol. The molecule has 3 unspecified atom stereocenters. The van der Waals surface area contributed by atoms with Gasteiger partial charge in [0.2, 0.25) is 5.91 Å². The number of carbonyl (C=O) groups is 2. The molecule has 0 spiro atoms. The van der Waals surface area contributed by atoms with Crippen LogP contribution in [0.5, 0.6) is 0 Å². The summed E-state index contributed by atoms with van der Waals surface area (Å²) in [6, 6.07) is -1.37. The van der Waals surface area contributed by atoms with Crippen molar-refractivity contribution >= 4 is 11.9 Å². The summed E-state index contributed by atoms with van der Waals surface area (Å²) in [5, 5.41) is 9.27. The Morgan fingerprint density at radius 3 is 2.42 bits per heavy atom. The van der Waals surface area contributed by atoms with Crippen molar-refractivity contribution < 1.29 is 14.7 Å². The Balaban J connectivity index is 2.84. The minimum atomic E-state index is -0.923. The van der Waals surface area contributed by atoms with Gasteiger partial charge in [0.05, 0.1) is 6.04 Å². The van der Waals surface area contributed by atoms with Crippen LogP contribution in [0.15, 0.2) is 0 Å². The van der Waals surface area contributed by atoms with E-state index in [4.69, 9.17) is 5.73 Å². The Morgan fingerprint density at radius 1 is 1.42 bits per heavy atom. The summed E-state index contributed by atoms with van der Waals surface area (Å²) in [5.41, 5.74) is 5.61. The SMILES string of the molecule is CCCC1CC(C(=O)O)N(C(=O)C(N)C(C)(C)C)C1. The van der Waals surface area contributed by atoms with Gasteiger partial charge < -0.3 is 15.7 Å². The molecule has 19 heavy (non-hydrogen) atoms. The van der Waals surface area contributed by atoms with E-state index in [-0.39, 0.29) is 17.2 Å². The van der Waals surface area contributed by atoms with Crippen LogP contribution in [0.3, 0.4) is 0 Å². The Bertz CT molecular complexity index is 349. The van der Waals surface area contributed by atoms with Crippen LogP contribution in [0.25, 0.3) is 0 Å². The van der Waals surface area contributed by atoms with Crippen LogP contribution in [-0.4, -0.2) is 40.5 Å². The molecule has 5 heteroatoms. The first kappa shape index (κ1) is 16.0. The van der Waals surface area contributed by atoms with Gasteiger partial charge >= 0.3 is 5.97 Å². The highest BCUT2D eigenvalue weighted by atomic mass is 16.4. The molecule has 1 amide bonds. The third kappa shape index (κ3) is 3.69. The van der Waals surface area contributed by atoms with Gasteiger partial charge in [-0.3, -0.25) is 4.79 Å². The molecule has 3 atom stereocenters. The molecular formula is C14H26N2O3. The van der Waals surface area contributed by atoms with Crippen molar-refractivity contribution in [3.05, 3.63) is 0 Å². The zero-order valence-electron chi connectivity index (χ0n) is 12.3. The number of aliphatic carboxylic acids is 1. The number of carbonyl (C=O) groups excluding carboxylic acids is 1. The molecule has 0 aromatic rings. The highest BCUT2D eigenvalue weighted by molar-refractivity contribution is 5.88. The van der Waals surface area contributed by atoms with E-state index in [1.165, 1.54) is 4.90 Å². The first-order valence-corrected chi connectivity index (χ1v) is 6.97. The summed E-state index contributed by atoms with van der Waals surface area (Å²) in [5.74, 6) is -0.881. The monoisotopic (exact) mass is 270 g/mol. The largest absolute Gasteiger partial charge is 0.480 e. The number of nitrogens with zero attached hydrogens (tertiary/aromatic N) is 1. The van der Waals surface area contributed by atoms with Crippen molar-refractivity contribution in [2.45, 2.75) is 59.0 Å². The van der Waals surface area contributed by atoms with Gasteiger partial charge in [-0.2, -0.15) is 0 Å². The summed E-state index contributed by atoms with van der Waals surface area (Å²) >= 11 is 0. The maximum atomic E-state index is 12.4. The second-order valence-corrected chi connectivity index (χ2v) is 6.58. The maximum Gasteiger partial charge on any atom is 0.326 e. The molecule has 1 aliphatic rings. The van der Waals surface area contributed by atoms with E-state index >= 15 is 0 Å². The van der Waals surface area contributed by atoms with Crippen LogP contribution in [0.2, 0.25) is 0 Å². The fourth-order valence-corrected chi connectivity index (χ4v) is 2.57. The lowest BCUT2D eigenvalue weighted by Crippen LogP contribution is -2.53. The molecule has 0 aromatic heterocycles. The van der Waals surface area contributed by atoms with E-state index in [2.05, 4.69) is 6.92 Å². The number of hydrogen-bond acceptors (Lipinski definition) is 3. The predicted octanol–water partition coefficient (Wildman–Crippen LogP) is 1.46. The van der Waals surface area contributed by atoms with Gasteiger partial charge in [-0.1, -0.05) is 34.1 Å². The second kappa shape index (κ2) is 5.90. The first-order valence-electron chi connectivity index (χ1n) is 6.97. The number of likely N-dealkylation sites (tertiary alicyclic amines) is 1. The van der Waals surface area contributed by atoms with E-state index < -0.39 is 18.1 Å². The second-order valence-electron chi connectivity index (χ2n) is 6.58. The van der Waals surface area contributed by atoms with Crippen LogP contribution in [-0.2, 0) is 9.59 Å². The number of rotatable bonds is 4. The molecule has 0 aromatic carbocycles. The number of carboxylic acids is 1. The smallest absolute Gasteiger partial charge is 0.326 e. The van der Waals surface area contributed by atoms with Crippen LogP contribution in [0.4, 0.5) is 0 Å². The van der Waals surface area contributed by atoms with E-state index in [0.29, 0.717) is 13.0 Å². The van der Waals surface area contributed by atoms with Crippen LogP contribution >= 0.6 is 0 Å². The topological polar surface area (TPSA) is 83.6 Å². The highest BCUT2D eigenvalue weighted by Gasteiger charge is 2.42. The first-order chi connectivity index (χ1) is 8.68. The Kier molecular flexibility index (Phi) is 4.96. The molecule has 0 saturated carbocycles. The number of amides is 1. The van der Waals surface area contributed by atoms with Crippen molar-refractivity contribution in [2.75, 3.05) is 6.54 Å². The third-order valence-electron chi connectivity index (χ3n) is 3.85. The number of hydrogen-bond donors (Lipinski definition) is 2. The van der Waals surface area contributed by atoms with Gasteiger partial charge in [-0.25, -0.2) is 4.79 Å². The molecule has 0 aliphatic carbocycles. The standard InChI is InChI=1S/C14H26N2O3/c1-5-6-9-7-10(13(18)19)16(8-9)12(17)11(15)14(2,3)4/h9-11H,5-8,15H2,1-4H3,(H,18,19). The molecule has 0 radical (unpaired) electrons. The Morgan fingerprint density at radius 2 is 2.00 bits per heavy atom. The van der Waals surface area contributed by atoms with Gasteiger partial charge in [0.25, 0.3) is 0 Å². The van der Waals surface area contributed by atoms with Crippen molar-refractivity contribution in [3.63, 3.8) is 0 Å². The lowest BCUT2D eigenvalue weighted by Gasteiger charge is -2.31. The zero-order chi connectivity index (χ0) is 14.8. The van der Waals surface area contributed by atoms with Crippen LogP contribution in [0.1, 0.15) is 47.0 Å². The average molecular weight is 270 g/mol. The summed E-state index contributed by atoms with van der Waals surface area (Å²) in [6.07, 6.45) is 2.51. The maximum absolute atomic E-state index is 12.4. The molecule has 1 fully saturated rings. The Labute approximate surface area is 115 Å². The fraction of sp³-hybridized carbons (Fsp3) is 0.857. The fourth-order valence-electron chi connectivity index (χ4n) is 2.57. The minimum Gasteiger partial charge on any atom is -0.480 e. The average Bonchev–Trinajstić information content (AvgIpc) is 2.70. The summed E-state index contributed by atoms with van der Waals surface area (Å²) in [4.78, 5) is 25.2. The summed E-state index contributed by atoms with van der Waals surface area (Å²) < 4.78 is 0. The van der Waals surface area contributed by atoms with E-state index in [1.54, 1.807) is 0 Å². The zero-order valence-corrected chi connectivity index (χ0v) is 12.3. The van der Waals surface area contributed by atoms with Crippen LogP contribution in [0, 0.1) is 11.3 Å². The molecule has 1 saturated heterocycles. The highest BCUT2D eigenvalue weighted by Crippen LogP contribution is 2.29. The Hall–Kier alpha value is -1.10. The summed E-state index contributed by atoms with van der Waals surface area (Å²) in [7, 11) is 0. The molecule has 110 valence electrons. The molecule has 1 heterocycles. The lowest BCUT2D eigenvalue weighted by molar-refractivity contribution is -0.149. The van der Waals surface area contributed by atoms with Gasteiger partial charge in [-0.15, -0.1) is 0 Å². The van der Waals surface area contributed by atoms with Crippen molar-refractivity contribution in [3.8, 4) is 0 Å². The normalized spacial score (nSPS) is 25.4. The quantitative estimate of drug-likeness (QED) is 0.810. The van der Waals surface area contributed by atoms with Gasteiger partial charge in [0.15, 0.2) is 0 Å². The molecule has 1 rings (SSSR count). The van der Waals surface area contributed by atoms with Gasteiger partial charge in [-0.05, 0) is 24.2 Å². The number of carboxylic acid groups (broad SMARTS) is 1. The lowest BCUT2D eigenvalue weighted by atomic mass is 9.86. The molecular weight excluding hydrogens is 244 g/mol. The molecule has 5 nitrogen and oxygen atoms in total. The minimum absolute atomic E-state index is 0.237. The van der Waals surface area contributed by atoms with E-state index in [9.17, 15) is 14.7 Å². The molecule has 3 N–H and O–H groups in total. The van der Waals surface area contributed by atoms with Crippen molar-refractivity contribution in [1.82, 2.24) is 4.90 Å². The van der Waals surface area contributed by atoms with Crippen molar-refractivity contribution in [2.24, 2.45) is 17.1 Å². The molecule has 1 aliphatic heterocycles. The number of nitrogens with two attached hydrogens (primary N) is 1. The summed E-state index contributed by atoms with van der Waals surface area (Å²) in [6.45, 7) is 8.27. The van der Waals surface area contributed by atoms with Gasteiger partial charge in [0, 0.05) is 6.54 Å². The van der Waals surface area contributed by atoms with Gasteiger partial charge in [0.1, 0.15) is 6.04 Å². The van der Waals surface area contributed by atoms with E-state index in [1.807, 2.05) is 20.8 Å². The van der Waals surface area contributed by atoms with E-state index in [0.717, 1.165) is 12.8 Å². The van der Waals surface area contributed by atoms with Crippen molar-refractivity contribution in [1.29, 1.82) is 0 Å².